The zero-order valence-electron chi connectivity index (χ0n) is 30.5. The van der Waals surface area contributed by atoms with Crippen LogP contribution in [0.5, 0.6) is 23.0 Å². The lowest BCUT2D eigenvalue weighted by Crippen LogP contribution is -2.43. The number of hydrogen-bond donors (Lipinski definition) is 2. The molecule has 2 N–H and O–H groups in total. The number of hydrogen-bond acceptors (Lipinski definition) is 12. The quantitative estimate of drug-likeness (QED) is 0.107. The van der Waals surface area contributed by atoms with E-state index in [9.17, 15) is 28.8 Å². The maximum atomic E-state index is 12.5. The molecule has 2 rings (SSSR count). The second-order valence-electron chi connectivity index (χ2n) is 13.2. The molecule has 2 amide bonds. The highest BCUT2D eigenvalue weighted by molar-refractivity contribution is 6.11. The molecule has 0 aliphatic heterocycles. The van der Waals surface area contributed by atoms with E-state index in [1.165, 1.54) is 76.6 Å². The molecule has 0 spiro atoms. The van der Waals surface area contributed by atoms with E-state index in [0.717, 1.165) is 0 Å². The summed E-state index contributed by atoms with van der Waals surface area (Å²) in [5.41, 5.74) is -0.405. The van der Waals surface area contributed by atoms with E-state index in [-0.39, 0.29) is 23.0 Å². The molecule has 0 aromatic heterocycles. The molecular weight excluding hydrogens is 664 g/mol. The summed E-state index contributed by atoms with van der Waals surface area (Å²) in [6.07, 6.45) is 3.50. The third-order valence-corrected chi connectivity index (χ3v) is 6.24. The molecular formula is C37H46N2O12. The van der Waals surface area contributed by atoms with Crippen LogP contribution in [0.1, 0.15) is 72.9 Å². The van der Waals surface area contributed by atoms with Gasteiger partial charge in [-0.15, -0.1) is 0 Å². The zero-order chi connectivity index (χ0) is 38.5. The number of rotatable bonds is 14. The van der Waals surface area contributed by atoms with Crippen molar-refractivity contribution in [2.24, 2.45) is 0 Å². The standard InChI is InChI=1S/C37H46N2O12/c1-22(38-34(44)50-36(3,4)5)32(42)48-28-17-13-24(19-30(28)46-9)11-15-26(40)21-27(41)16-12-25-14-18-29(31(20-25)47-10)49-33(43)23(2)39-35(45)51-37(6,7)8/h11-20,22-23H,21H2,1-10H3,(H,38,44)(H,39,45)/b15-11+,16-12+/t22-,23-/m0/s1. The summed E-state index contributed by atoms with van der Waals surface area (Å²) < 4.78 is 31.7. The Morgan fingerprint density at radius 2 is 0.961 bits per heavy atom. The summed E-state index contributed by atoms with van der Waals surface area (Å²) in [6, 6.07) is 7.14. The van der Waals surface area contributed by atoms with Crippen LogP contribution >= 0.6 is 0 Å². The van der Waals surface area contributed by atoms with Gasteiger partial charge < -0.3 is 39.1 Å². The Labute approximate surface area is 297 Å². The first kappa shape index (κ1) is 41.5. The molecule has 0 bridgehead atoms. The van der Waals surface area contributed by atoms with Gasteiger partial charge in [0.15, 0.2) is 34.6 Å². The molecule has 0 unspecified atom stereocenters. The zero-order valence-corrected chi connectivity index (χ0v) is 30.5. The average molecular weight is 711 g/mol. The summed E-state index contributed by atoms with van der Waals surface area (Å²) in [5.74, 6) is -1.84. The van der Waals surface area contributed by atoms with Crippen LogP contribution in [0, 0.1) is 0 Å². The number of nitrogens with one attached hydrogen (secondary N) is 2. The predicted octanol–water partition coefficient (Wildman–Crippen LogP) is 5.60. The normalized spacial score (nSPS) is 12.7. The average Bonchev–Trinajstić information content (AvgIpc) is 3.01. The minimum absolute atomic E-state index is 0.0942. The highest BCUT2D eigenvalue weighted by Crippen LogP contribution is 2.30. The first-order chi connectivity index (χ1) is 23.7. The van der Waals surface area contributed by atoms with Gasteiger partial charge in [0, 0.05) is 0 Å². The Kier molecular flexibility index (Phi) is 14.9. The summed E-state index contributed by atoms with van der Waals surface area (Å²) >= 11 is 0. The van der Waals surface area contributed by atoms with Crippen LogP contribution in [-0.4, -0.2) is 73.2 Å². The molecule has 51 heavy (non-hydrogen) atoms. The molecule has 0 saturated heterocycles. The van der Waals surface area contributed by atoms with Gasteiger partial charge in [-0.2, -0.15) is 0 Å². The molecule has 0 fully saturated rings. The number of allylic oxidation sites excluding steroid dienone is 2. The van der Waals surface area contributed by atoms with Gasteiger partial charge in [-0.25, -0.2) is 19.2 Å². The van der Waals surface area contributed by atoms with Gasteiger partial charge in [0.1, 0.15) is 23.3 Å². The van der Waals surface area contributed by atoms with Crippen LogP contribution in [0.15, 0.2) is 48.6 Å². The van der Waals surface area contributed by atoms with Crippen molar-refractivity contribution in [2.75, 3.05) is 14.2 Å². The fraction of sp³-hybridized carbons (Fsp3) is 0.405. The van der Waals surface area contributed by atoms with E-state index in [2.05, 4.69) is 10.6 Å². The van der Waals surface area contributed by atoms with Gasteiger partial charge in [-0.05, 0) is 103 Å². The predicted molar refractivity (Wildman–Crippen MR) is 188 cm³/mol. The molecule has 2 atom stereocenters. The van der Waals surface area contributed by atoms with Gasteiger partial charge in [-0.3, -0.25) is 9.59 Å². The number of benzene rings is 2. The molecule has 276 valence electrons. The third-order valence-electron chi connectivity index (χ3n) is 6.24. The molecule has 2 aromatic carbocycles. The van der Waals surface area contributed by atoms with Gasteiger partial charge >= 0.3 is 24.1 Å². The Morgan fingerprint density at radius 3 is 1.27 bits per heavy atom. The van der Waals surface area contributed by atoms with Crippen LogP contribution in [0.25, 0.3) is 12.2 Å². The van der Waals surface area contributed by atoms with Crippen molar-refractivity contribution in [1.29, 1.82) is 0 Å². The Hall–Kier alpha value is -5.66. The summed E-state index contributed by atoms with van der Waals surface area (Å²) in [7, 11) is 2.75. The highest BCUT2D eigenvalue weighted by atomic mass is 16.6. The van der Waals surface area contributed by atoms with Crippen molar-refractivity contribution < 1.29 is 57.2 Å². The number of ether oxygens (including phenoxy) is 6. The third kappa shape index (κ3) is 15.2. The lowest BCUT2D eigenvalue weighted by Gasteiger charge is -2.21. The Balaban J connectivity index is 1.97. The molecule has 14 nitrogen and oxygen atoms in total. The summed E-state index contributed by atoms with van der Waals surface area (Å²) in [6.45, 7) is 13.1. The van der Waals surface area contributed by atoms with Crippen molar-refractivity contribution in [3.05, 3.63) is 59.7 Å². The number of methoxy groups -OCH3 is 2. The lowest BCUT2D eigenvalue weighted by molar-refractivity contribution is -0.137. The molecule has 0 aliphatic rings. The van der Waals surface area contributed by atoms with Crippen LogP contribution in [0.3, 0.4) is 0 Å². The number of carbonyl (C=O) groups excluding carboxylic acids is 6. The Bertz CT molecular complexity index is 1540. The van der Waals surface area contributed by atoms with Crippen molar-refractivity contribution in [1.82, 2.24) is 10.6 Å². The van der Waals surface area contributed by atoms with E-state index in [0.29, 0.717) is 11.1 Å². The van der Waals surface area contributed by atoms with E-state index in [4.69, 9.17) is 28.4 Å². The van der Waals surface area contributed by atoms with Gasteiger partial charge in [0.25, 0.3) is 0 Å². The number of ketones is 2. The topological polar surface area (TPSA) is 182 Å². The van der Waals surface area contributed by atoms with Crippen LogP contribution in [0.4, 0.5) is 9.59 Å². The van der Waals surface area contributed by atoms with Crippen molar-refractivity contribution in [2.45, 2.75) is 85.1 Å². The monoisotopic (exact) mass is 710 g/mol. The fourth-order valence-electron chi connectivity index (χ4n) is 3.89. The van der Waals surface area contributed by atoms with Crippen molar-refractivity contribution in [3.63, 3.8) is 0 Å². The molecule has 0 saturated carbocycles. The second-order valence-corrected chi connectivity index (χ2v) is 13.2. The van der Waals surface area contributed by atoms with Crippen LogP contribution < -0.4 is 29.6 Å². The molecule has 0 heterocycles. The number of esters is 2. The van der Waals surface area contributed by atoms with Gasteiger partial charge in [0.2, 0.25) is 0 Å². The number of carbonyl (C=O) groups is 6. The molecule has 0 radical (unpaired) electrons. The largest absolute Gasteiger partial charge is 0.493 e. The van der Waals surface area contributed by atoms with Crippen molar-refractivity contribution >= 4 is 47.8 Å². The maximum Gasteiger partial charge on any atom is 0.408 e. The summed E-state index contributed by atoms with van der Waals surface area (Å²) in [4.78, 5) is 74.0. The molecule has 14 heteroatoms. The first-order valence-electron chi connectivity index (χ1n) is 15.9. The fourth-order valence-corrected chi connectivity index (χ4v) is 3.89. The van der Waals surface area contributed by atoms with Crippen LogP contribution in [0.2, 0.25) is 0 Å². The first-order valence-corrected chi connectivity index (χ1v) is 15.9. The van der Waals surface area contributed by atoms with Crippen LogP contribution in [-0.2, 0) is 28.7 Å². The number of amides is 2. The minimum Gasteiger partial charge on any atom is -0.493 e. The van der Waals surface area contributed by atoms with Gasteiger partial charge in [-0.1, -0.05) is 24.3 Å². The van der Waals surface area contributed by atoms with E-state index >= 15 is 0 Å². The lowest BCUT2D eigenvalue weighted by atomic mass is 10.1. The summed E-state index contributed by atoms with van der Waals surface area (Å²) in [5, 5.41) is 4.81. The SMILES string of the molecule is COc1cc(/C=C/C(=O)CC(=O)/C=C/c2ccc(OC(=O)[C@H](C)NC(=O)OC(C)(C)C)c(OC)c2)ccc1OC(=O)[C@H](C)NC(=O)OC(C)(C)C. The van der Waals surface area contributed by atoms with E-state index < -0.39 is 65.4 Å². The minimum atomic E-state index is -1.01. The highest BCUT2D eigenvalue weighted by Gasteiger charge is 2.25. The smallest absolute Gasteiger partial charge is 0.408 e. The Morgan fingerprint density at radius 1 is 0.608 bits per heavy atom. The van der Waals surface area contributed by atoms with Crippen molar-refractivity contribution in [3.8, 4) is 23.0 Å². The number of alkyl carbamates (subject to hydrolysis) is 2. The molecule has 2 aromatic rings. The van der Waals surface area contributed by atoms with Gasteiger partial charge in [0.05, 0.1) is 20.6 Å². The molecule has 0 aliphatic carbocycles. The second kappa shape index (κ2) is 18.4. The van der Waals surface area contributed by atoms with E-state index in [1.54, 1.807) is 53.7 Å². The maximum absolute atomic E-state index is 12.5. The van der Waals surface area contributed by atoms with E-state index in [1.807, 2.05) is 0 Å².